The lowest BCUT2D eigenvalue weighted by molar-refractivity contribution is 0.0945. The summed E-state index contributed by atoms with van der Waals surface area (Å²) in [4.78, 5) is 11.8. The van der Waals surface area contributed by atoms with Crippen molar-refractivity contribution in [3.63, 3.8) is 0 Å². The van der Waals surface area contributed by atoms with Crippen LogP contribution in [-0.4, -0.2) is 17.6 Å². The molecule has 3 rings (SSSR count). The molecule has 108 valence electrons. The van der Waals surface area contributed by atoms with Crippen LogP contribution in [0.3, 0.4) is 0 Å². The van der Waals surface area contributed by atoms with Crippen molar-refractivity contribution in [3.05, 3.63) is 70.3 Å². The van der Waals surface area contributed by atoms with Crippen LogP contribution in [0.25, 0.3) is 0 Å². The zero-order valence-electron chi connectivity index (χ0n) is 11.1. The molecule has 1 atom stereocenters. The van der Waals surface area contributed by atoms with Gasteiger partial charge in [-0.1, -0.05) is 24.3 Å². The number of carbonyl (C=O) groups is 1. The highest BCUT2D eigenvalue weighted by atomic mass is 19.2. The minimum Gasteiger partial charge on any atom is -0.384 e. The Bertz CT molecular complexity index is 715. The maximum atomic E-state index is 13.7. The number of aliphatic hydroxyl groups excluding tert-OH is 1. The highest BCUT2D eigenvalue weighted by molar-refractivity contribution is 5.96. The van der Waals surface area contributed by atoms with E-state index in [1.165, 1.54) is 18.2 Å². The zero-order valence-corrected chi connectivity index (χ0v) is 11.1. The van der Waals surface area contributed by atoms with E-state index in [9.17, 15) is 18.7 Å². The number of fused-ring (bicyclic) bond motifs is 1. The second kappa shape index (κ2) is 5.26. The largest absolute Gasteiger partial charge is 0.384 e. The molecule has 0 aliphatic carbocycles. The lowest BCUT2D eigenvalue weighted by Crippen LogP contribution is -2.31. The van der Waals surface area contributed by atoms with E-state index in [0.717, 1.165) is 11.6 Å². The summed E-state index contributed by atoms with van der Waals surface area (Å²) in [6.45, 7) is 0.576. The van der Waals surface area contributed by atoms with Crippen LogP contribution in [0, 0.1) is 11.6 Å². The van der Waals surface area contributed by atoms with Gasteiger partial charge >= 0.3 is 0 Å². The Balaban J connectivity index is 2.02. The lowest BCUT2D eigenvalue weighted by Gasteiger charge is -2.19. The summed E-state index contributed by atoms with van der Waals surface area (Å²) in [5, 5.41) is 13.0. The Hall–Kier alpha value is -2.27. The SMILES string of the molecule is O=C1NCCc2ccc(C(O)c3cccc(F)c3F)cc21. The van der Waals surface area contributed by atoms with Crippen LogP contribution in [0.1, 0.15) is 33.2 Å². The summed E-state index contributed by atoms with van der Waals surface area (Å²) in [7, 11) is 0. The summed E-state index contributed by atoms with van der Waals surface area (Å²) >= 11 is 0. The van der Waals surface area contributed by atoms with Crippen LogP contribution < -0.4 is 5.32 Å². The molecule has 1 heterocycles. The van der Waals surface area contributed by atoms with E-state index in [1.54, 1.807) is 12.1 Å². The van der Waals surface area contributed by atoms with Crippen molar-refractivity contribution in [2.45, 2.75) is 12.5 Å². The first-order valence-corrected chi connectivity index (χ1v) is 6.61. The van der Waals surface area contributed by atoms with Crippen LogP contribution in [0.4, 0.5) is 8.78 Å². The zero-order chi connectivity index (χ0) is 15.0. The smallest absolute Gasteiger partial charge is 0.251 e. The maximum absolute atomic E-state index is 13.7. The number of amides is 1. The van der Waals surface area contributed by atoms with Gasteiger partial charge in [0.25, 0.3) is 5.91 Å². The third-order valence-corrected chi connectivity index (χ3v) is 3.65. The van der Waals surface area contributed by atoms with Gasteiger partial charge in [-0.2, -0.15) is 0 Å². The fraction of sp³-hybridized carbons (Fsp3) is 0.188. The van der Waals surface area contributed by atoms with E-state index < -0.39 is 17.7 Å². The number of aliphatic hydroxyl groups is 1. The predicted molar refractivity (Wildman–Crippen MR) is 72.9 cm³/mol. The first-order valence-electron chi connectivity index (χ1n) is 6.61. The van der Waals surface area contributed by atoms with Crippen molar-refractivity contribution < 1.29 is 18.7 Å². The van der Waals surface area contributed by atoms with Crippen LogP contribution in [-0.2, 0) is 6.42 Å². The molecule has 0 fully saturated rings. The molecule has 0 saturated heterocycles. The van der Waals surface area contributed by atoms with Gasteiger partial charge in [0.2, 0.25) is 0 Å². The Morgan fingerprint density at radius 1 is 1.19 bits per heavy atom. The Labute approximate surface area is 120 Å². The molecule has 1 amide bonds. The molecular formula is C16H13F2NO2. The summed E-state index contributed by atoms with van der Waals surface area (Å²) in [6.07, 6.45) is -0.605. The number of hydrogen-bond donors (Lipinski definition) is 2. The molecule has 0 bridgehead atoms. The van der Waals surface area contributed by atoms with Crippen molar-refractivity contribution in [1.29, 1.82) is 0 Å². The van der Waals surface area contributed by atoms with E-state index in [-0.39, 0.29) is 11.5 Å². The maximum Gasteiger partial charge on any atom is 0.251 e. The fourth-order valence-electron chi connectivity index (χ4n) is 2.51. The normalized spacial score (nSPS) is 15.3. The van der Waals surface area contributed by atoms with Gasteiger partial charge in [0, 0.05) is 17.7 Å². The first-order chi connectivity index (χ1) is 10.1. The Morgan fingerprint density at radius 3 is 2.81 bits per heavy atom. The molecule has 1 unspecified atom stereocenters. The van der Waals surface area contributed by atoms with Gasteiger partial charge in [-0.25, -0.2) is 8.78 Å². The fourth-order valence-corrected chi connectivity index (χ4v) is 2.51. The summed E-state index contributed by atoms with van der Waals surface area (Å²) in [6, 6.07) is 8.55. The van der Waals surface area contributed by atoms with Gasteiger partial charge in [-0.3, -0.25) is 4.79 Å². The van der Waals surface area contributed by atoms with Gasteiger partial charge in [-0.15, -0.1) is 0 Å². The highest BCUT2D eigenvalue weighted by Gasteiger charge is 2.21. The number of carbonyl (C=O) groups excluding carboxylic acids is 1. The molecule has 1 aliphatic heterocycles. The molecule has 0 saturated carbocycles. The molecule has 0 radical (unpaired) electrons. The Morgan fingerprint density at radius 2 is 2.00 bits per heavy atom. The predicted octanol–water partition coefficient (Wildman–Crippen LogP) is 2.33. The van der Waals surface area contributed by atoms with E-state index in [4.69, 9.17) is 0 Å². The van der Waals surface area contributed by atoms with E-state index >= 15 is 0 Å². The van der Waals surface area contributed by atoms with Crippen LogP contribution in [0.5, 0.6) is 0 Å². The minimum absolute atomic E-state index is 0.147. The van der Waals surface area contributed by atoms with Crippen molar-refractivity contribution in [2.75, 3.05) is 6.54 Å². The molecule has 2 N–H and O–H groups in total. The molecule has 2 aromatic carbocycles. The molecule has 1 aliphatic rings. The molecule has 2 aromatic rings. The molecule has 0 aromatic heterocycles. The van der Waals surface area contributed by atoms with E-state index in [0.29, 0.717) is 24.1 Å². The Kier molecular flexibility index (Phi) is 3.43. The van der Waals surface area contributed by atoms with Gasteiger partial charge < -0.3 is 10.4 Å². The van der Waals surface area contributed by atoms with Crippen LogP contribution in [0.2, 0.25) is 0 Å². The monoisotopic (exact) mass is 289 g/mol. The van der Waals surface area contributed by atoms with Crippen molar-refractivity contribution in [3.8, 4) is 0 Å². The lowest BCUT2D eigenvalue weighted by atomic mass is 9.93. The van der Waals surface area contributed by atoms with E-state index in [1.807, 2.05) is 0 Å². The summed E-state index contributed by atoms with van der Waals surface area (Å²) < 4.78 is 27.0. The first kappa shape index (κ1) is 13.7. The molecular weight excluding hydrogens is 276 g/mol. The van der Waals surface area contributed by atoms with Crippen molar-refractivity contribution in [1.82, 2.24) is 5.32 Å². The second-order valence-electron chi connectivity index (χ2n) is 4.97. The van der Waals surface area contributed by atoms with Gasteiger partial charge in [0.15, 0.2) is 11.6 Å². The van der Waals surface area contributed by atoms with Crippen molar-refractivity contribution in [2.24, 2.45) is 0 Å². The average molecular weight is 289 g/mol. The highest BCUT2D eigenvalue weighted by Crippen LogP contribution is 2.27. The number of hydrogen-bond acceptors (Lipinski definition) is 2. The van der Waals surface area contributed by atoms with Crippen LogP contribution >= 0.6 is 0 Å². The molecule has 21 heavy (non-hydrogen) atoms. The molecule has 0 spiro atoms. The molecule has 5 heteroatoms. The summed E-state index contributed by atoms with van der Waals surface area (Å²) in [5.41, 5.74) is 1.56. The van der Waals surface area contributed by atoms with Gasteiger partial charge in [0.1, 0.15) is 6.10 Å². The standard InChI is InChI=1S/C16H13F2NO2/c17-13-3-1-2-11(14(13)18)15(20)10-5-4-9-6-7-19-16(21)12(9)8-10/h1-5,8,15,20H,6-7H2,(H,19,21). The van der Waals surface area contributed by atoms with Gasteiger partial charge in [-0.05, 0) is 29.7 Å². The quantitative estimate of drug-likeness (QED) is 0.891. The summed E-state index contributed by atoms with van der Waals surface area (Å²) in [5.74, 6) is -2.31. The van der Waals surface area contributed by atoms with Crippen LogP contribution in [0.15, 0.2) is 36.4 Å². The topological polar surface area (TPSA) is 49.3 Å². The third kappa shape index (κ3) is 2.40. The third-order valence-electron chi connectivity index (χ3n) is 3.65. The number of benzene rings is 2. The minimum atomic E-state index is -1.32. The number of rotatable bonds is 2. The van der Waals surface area contributed by atoms with Gasteiger partial charge in [0.05, 0.1) is 0 Å². The number of nitrogens with one attached hydrogen (secondary N) is 1. The second-order valence-corrected chi connectivity index (χ2v) is 4.97. The average Bonchev–Trinajstić information content (AvgIpc) is 2.49. The van der Waals surface area contributed by atoms with Crippen molar-refractivity contribution >= 4 is 5.91 Å². The number of halogens is 2. The van der Waals surface area contributed by atoms with E-state index in [2.05, 4.69) is 5.32 Å². The molecule has 3 nitrogen and oxygen atoms in total.